The molecule has 4 nitrogen and oxygen atoms in total. The molecular formula is C24H27FN2O2. The van der Waals surface area contributed by atoms with Gasteiger partial charge in [0.1, 0.15) is 5.82 Å². The maximum atomic E-state index is 13.7. The van der Waals surface area contributed by atoms with Gasteiger partial charge in [-0.1, -0.05) is 48.6 Å². The third-order valence-corrected chi connectivity index (χ3v) is 6.39. The highest BCUT2D eigenvalue weighted by Gasteiger charge is 2.65. The Morgan fingerprint density at radius 1 is 1.24 bits per heavy atom. The number of allylic oxidation sites excluding steroid dienone is 1. The summed E-state index contributed by atoms with van der Waals surface area (Å²) in [5.74, 6) is -0.0556. The molecule has 4 rings (SSSR count). The number of aliphatic hydroxyl groups is 1. The third kappa shape index (κ3) is 3.38. The molecule has 1 N–H and O–H groups in total. The lowest BCUT2D eigenvalue weighted by atomic mass is 9.60. The number of hydrogen-bond donors (Lipinski definition) is 1. The van der Waals surface area contributed by atoms with Gasteiger partial charge in [-0.15, -0.1) is 0 Å². The molecule has 2 aliphatic heterocycles. The number of aliphatic hydroxyl groups excluding tert-OH is 1. The van der Waals surface area contributed by atoms with Crippen LogP contribution in [0.5, 0.6) is 0 Å². The summed E-state index contributed by atoms with van der Waals surface area (Å²) in [5.41, 5.74) is 2.98. The molecule has 0 unspecified atom stereocenters. The first kappa shape index (κ1) is 19.8. The van der Waals surface area contributed by atoms with Crippen molar-refractivity contribution in [3.63, 3.8) is 0 Å². The molecule has 152 valence electrons. The fourth-order valence-electron chi connectivity index (χ4n) is 5.03. The highest BCUT2D eigenvalue weighted by Crippen LogP contribution is 2.54. The van der Waals surface area contributed by atoms with Gasteiger partial charge in [0, 0.05) is 38.5 Å². The van der Waals surface area contributed by atoms with Gasteiger partial charge < -0.3 is 10.0 Å². The lowest BCUT2D eigenvalue weighted by Crippen LogP contribution is -2.84. The molecule has 2 aromatic carbocycles. The Morgan fingerprint density at radius 2 is 1.97 bits per heavy atom. The van der Waals surface area contributed by atoms with Crippen molar-refractivity contribution in [1.82, 2.24) is 9.80 Å². The SMILES string of the molecule is C/C=C/c1ccc([C@@H]2[C@@H](CO)N(Cc3cccc(F)c3)C23CN(C(C)=O)C3)cc1. The number of rotatable bonds is 5. The molecule has 0 saturated carbocycles. The first-order valence-corrected chi connectivity index (χ1v) is 10.1. The topological polar surface area (TPSA) is 43.8 Å². The minimum Gasteiger partial charge on any atom is -0.395 e. The smallest absolute Gasteiger partial charge is 0.219 e. The molecule has 2 saturated heterocycles. The van der Waals surface area contributed by atoms with Gasteiger partial charge in [0.15, 0.2) is 0 Å². The second-order valence-electron chi connectivity index (χ2n) is 8.13. The molecule has 29 heavy (non-hydrogen) atoms. The van der Waals surface area contributed by atoms with E-state index in [1.807, 2.05) is 24.0 Å². The Bertz CT molecular complexity index is 919. The van der Waals surface area contributed by atoms with Crippen LogP contribution in [-0.4, -0.2) is 52.1 Å². The Balaban J connectivity index is 1.64. The van der Waals surface area contributed by atoms with Gasteiger partial charge >= 0.3 is 0 Å². The lowest BCUT2D eigenvalue weighted by molar-refractivity contribution is -0.199. The van der Waals surface area contributed by atoms with E-state index in [1.165, 1.54) is 11.6 Å². The van der Waals surface area contributed by atoms with E-state index in [9.17, 15) is 14.3 Å². The van der Waals surface area contributed by atoms with Gasteiger partial charge in [-0.25, -0.2) is 4.39 Å². The quantitative estimate of drug-likeness (QED) is 0.845. The lowest BCUT2D eigenvalue weighted by Gasteiger charge is -2.70. The molecule has 1 amide bonds. The Labute approximate surface area is 171 Å². The van der Waals surface area contributed by atoms with E-state index in [1.54, 1.807) is 19.1 Å². The minimum absolute atomic E-state index is 0.0262. The monoisotopic (exact) mass is 394 g/mol. The first-order chi connectivity index (χ1) is 14.0. The number of halogens is 1. The normalized spacial score (nSPS) is 23.2. The molecule has 2 aromatic rings. The van der Waals surface area contributed by atoms with Crippen molar-refractivity contribution in [3.8, 4) is 0 Å². The summed E-state index contributed by atoms with van der Waals surface area (Å²) < 4.78 is 13.7. The highest BCUT2D eigenvalue weighted by atomic mass is 19.1. The second-order valence-corrected chi connectivity index (χ2v) is 8.13. The summed E-state index contributed by atoms with van der Waals surface area (Å²) in [6.45, 7) is 5.43. The van der Waals surface area contributed by atoms with Gasteiger partial charge in [-0.3, -0.25) is 9.69 Å². The van der Waals surface area contributed by atoms with E-state index >= 15 is 0 Å². The standard InChI is InChI=1S/C24H27FN2O2/c1-3-5-18-8-10-20(11-9-18)23-22(14-28)27(13-19-6-4-7-21(25)12-19)24(23)15-26(16-24)17(2)29/h3-12,22-23,28H,13-16H2,1-2H3/b5-3+/t22-,23-/m1/s1. The van der Waals surface area contributed by atoms with Crippen molar-refractivity contribution in [3.05, 3.63) is 77.1 Å². The van der Waals surface area contributed by atoms with E-state index in [0.29, 0.717) is 19.6 Å². The molecule has 0 aromatic heterocycles. The van der Waals surface area contributed by atoms with E-state index < -0.39 is 0 Å². The fourth-order valence-corrected chi connectivity index (χ4v) is 5.03. The average Bonchev–Trinajstić information content (AvgIpc) is 2.65. The molecule has 0 bridgehead atoms. The van der Waals surface area contributed by atoms with Gasteiger partial charge in [-0.05, 0) is 35.7 Å². The highest BCUT2D eigenvalue weighted by molar-refractivity contribution is 5.75. The summed E-state index contributed by atoms with van der Waals surface area (Å²) in [7, 11) is 0. The van der Waals surface area contributed by atoms with Crippen LogP contribution in [0.15, 0.2) is 54.6 Å². The Morgan fingerprint density at radius 3 is 2.55 bits per heavy atom. The molecule has 5 heteroatoms. The molecule has 2 aliphatic rings. The average molecular weight is 394 g/mol. The summed E-state index contributed by atoms with van der Waals surface area (Å²) >= 11 is 0. The van der Waals surface area contributed by atoms with Crippen LogP contribution in [0, 0.1) is 5.82 Å². The van der Waals surface area contributed by atoms with Crippen LogP contribution in [0.4, 0.5) is 4.39 Å². The molecule has 0 radical (unpaired) electrons. The fraction of sp³-hybridized carbons (Fsp3) is 0.375. The Kier molecular flexibility index (Phi) is 5.28. The zero-order valence-electron chi connectivity index (χ0n) is 16.9. The number of likely N-dealkylation sites (tertiary alicyclic amines) is 2. The molecule has 1 spiro atoms. The van der Waals surface area contributed by atoms with E-state index in [-0.39, 0.29) is 35.8 Å². The van der Waals surface area contributed by atoms with Crippen molar-refractivity contribution in [2.24, 2.45) is 0 Å². The maximum absolute atomic E-state index is 13.7. The van der Waals surface area contributed by atoms with E-state index in [4.69, 9.17) is 0 Å². The summed E-state index contributed by atoms with van der Waals surface area (Å²) in [5, 5.41) is 10.2. The minimum atomic E-state index is -0.257. The molecule has 0 aliphatic carbocycles. The van der Waals surface area contributed by atoms with Crippen LogP contribution in [0.25, 0.3) is 6.08 Å². The zero-order valence-corrected chi connectivity index (χ0v) is 16.9. The van der Waals surface area contributed by atoms with Crippen LogP contribution >= 0.6 is 0 Å². The molecule has 2 fully saturated rings. The van der Waals surface area contributed by atoms with Gasteiger partial charge in [0.25, 0.3) is 0 Å². The molecular weight excluding hydrogens is 367 g/mol. The third-order valence-electron chi connectivity index (χ3n) is 6.39. The number of benzene rings is 2. The maximum Gasteiger partial charge on any atom is 0.219 e. The zero-order chi connectivity index (χ0) is 20.6. The summed E-state index contributed by atoms with van der Waals surface area (Å²) in [6, 6.07) is 15.0. The van der Waals surface area contributed by atoms with Crippen LogP contribution < -0.4 is 0 Å². The van der Waals surface area contributed by atoms with Gasteiger partial charge in [0.05, 0.1) is 12.1 Å². The molecule has 2 atom stereocenters. The van der Waals surface area contributed by atoms with Crippen molar-refractivity contribution in [1.29, 1.82) is 0 Å². The van der Waals surface area contributed by atoms with Crippen LogP contribution in [-0.2, 0) is 11.3 Å². The van der Waals surface area contributed by atoms with Crippen LogP contribution in [0.3, 0.4) is 0 Å². The van der Waals surface area contributed by atoms with Gasteiger partial charge in [0.2, 0.25) is 5.91 Å². The van der Waals surface area contributed by atoms with Crippen molar-refractivity contribution in [2.75, 3.05) is 19.7 Å². The number of carbonyl (C=O) groups is 1. The summed E-state index contributed by atoms with van der Waals surface area (Å²) in [4.78, 5) is 16.0. The number of nitrogens with zero attached hydrogens (tertiary/aromatic N) is 2. The second kappa shape index (κ2) is 7.73. The van der Waals surface area contributed by atoms with Gasteiger partial charge in [-0.2, -0.15) is 0 Å². The predicted molar refractivity (Wildman–Crippen MR) is 112 cm³/mol. The number of hydrogen-bond acceptors (Lipinski definition) is 3. The number of amides is 1. The Hall–Kier alpha value is -2.50. The van der Waals surface area contributed by atoms with E-state index in [0.717, 1.165) is 11.1 Å². The van der Waals surface area contributed by atoms with Crippen LogP contribution in [0.2, 0.25) is 0 Å². The molecule has 2 heterocycles. The summed E-state index contributed by atoms with van der Waals surface area (Å²) in [6.07, 6.45) is 4.06. The van der Waals surface area contributed by atoms with Crippen molar-refractivity contribution >= 4 is 12.0 Å². The van der Waals surface area contributed by atoms with E-state index in [2.05, 4.69) is 35.2 Å². The van der Waals surface area contributed by atoms with Crippen LogP contribution in [0.1, 0.15) is 36.5 Å². The number of carbonyl (C=O) groups excluding carboxylic acids is 1. The predicted octanol–water partition coefficient (Wildman–Crippen LogP) is 3.42. The van der Waals surface area contributed by atoms with Crippen molar-refractivity contribution in [2.45, 2.75) is 37.9 Å². The first-order valence-electron chi connectivity index (χ1n) is 10.1. The largest absolute Gasteiger partial charge is 0.395 e. The van der Waals surface area contributed by atoms with Crippen molar-refractivity contribution < 1.29 is 14.3 Å².